The van der Waals surface area contributed by atoms with Gasteiger partial charge in [-0.05, 0) is 19.9 Å². The van der Waals surface area contributed by atoms with E-state index in [2.05, 4.69) is 20.2 Å². The third kappa shape index (κ3) is 3.77. The van der Waals surface area contributed by atoms with Gasteiger partial charge in [-0.1, -0.05) is 0 Å². The number of halogens is 2. The summed E-state index contributed by atoms with van der Waals surface area (Å²) in [6.07, 6.45) is 0. The van der Waals surface area contributed by atoms with Gasteiger partial charge < -0.3 is 10.2 Å². The van der Waals surface area contributed by atoms with Crippen LogP contribution in [0.2, 0.25) is 0 Å². The van der Waals surface area contributed by atoms with Crippen LogP contribution in [0.1, 0.15) is 11.4 Å². The number of rotatable bonds is 1. The number of aromatic nitrogens is 2. The fourth-order valence-corrected chi connectivity index (χ4v) is 1.71. The SMILES string of the molecule is Cc1cc(C)nc(N2CCNCC2)n1.Cl.Cl. The molecule has 4 nitrogen and oxygen atoms in total. The Morgan fingerprint density at radius 3 is 2.06 bits per heavy atom. The molecule has 0 bridgehead atoms. The number of hydrogen-bond acceptors (Lipinski definition) is 4. The summed E-state index contributed by atoms with van der Waals surface area (Å²) in [5, 5.41) is 3.32. The molecule has 1 N–H and O–H groups in total. The Bertz CT molecular complexity index is 306. The molecule has 1 aromatic heterocycles. The number of hydrogen-bond donors (Lipinski definition) is 1. The highest BCUT2D eigenvalue weighted by Gasteiger charge is 2.13. The van der Waals surface area contributed by atoms with E-state index in [1.165, 1.54) is 0 Å². The van der Waals surface area contributed by atoms with E-state index in [-0.39, 0.29) is 24.8 Å². The standard InChI is InChI=1S/C10H16N4.2ClH/c1-8-7-9(2)13-10(12-8)14-5-3-11-4-6-14;;/h7,11H,3-6H2,1-2H3;2*1H. The molecular weight excluding hydrogens is 247 g/mol. The third-order valence-electron chi connectivity index (χ3n) is 2.37. The van der Waals surface area contributed by atoms with Crippen LogP contribution < -0.4 is 10.2 Å². The lowest BCUT2D eigenvalue weighted by Crippen LogP contribution is -2.44. The Morgan fingerprint density at radius 2 is 1.56 bits per heavy atom. The first-order valence-corrected chi connectivity index (χ1v) is 5.03. The molecule has 0 saturated carbocycles. The van der Waals surface area contributed by atoms with E-state index in [0.29, 0.717) is 0 Å². The van der Waals surface area contributed by atoms with Crippen LogP contribution in [0.15, 0.2) is 6.07 Å². The van der Waals surface area contributed by atoms with Crippen molar-refractivity contribution in [3.05, 3.63) is 17.5 Å². The van der Waals surface area contributed by atoms with E-state index >= 15 is 0 Å². The Labute approximate surface area is 109 Å². The van der Waals surface area contributed by atoms with Gasteiger partial charge in [0.2, 0.25) is 5.95 Å². The zero-order chi connectivity index (χ0) is 9.97. The first-order valence-electron chi connectivity index (χ1n) is 5.03. The maximum Gasteiger partial charge on any atom is 0.225 e. The number of nitrogens with one attached hydrogen (secondary N) is 1. The van der Waals surface area contributed by atoms with Crippen molar-refractivity contribution < 1.29 is 0 Å². The van der Waals surface area contributed by atoms with Crippen LogP contribution in [0.5, 0.6) is 0 Å². The van der Waals surface area contributed by atoms with Crippen LogP contribution >= 0.6 is 24.8 Å². The van der Waals surface area contributed by atoms with Gasteiger partial charge in [0, 0.05) is 37.6 Å². The van der Waals surface area contributed by atoms with Crippen molar-refractivity contribution in [1.82, 2.24) is 15.3 Å². The first-order chi connectivity index (χ1) is 6.75. The minimum absolute atomic E-state index is 0. The Hall–Kier alpha value is -0.580. The molecule has 2 heterocycles. The summed E-state index contributed by atoms with van der Waals surface area (Å²) in [4.78, 5) is 11.1. The van der Waals surface area contributed by atoms with Crippen LogP contribution in [0.3, 0.4) is 0 Å². The monoisotopic (exact) mass is 264 g/mol. The van der Waals surface area contributed by atoms with Crippen LogP contribution in [-0.2, 0) is 0 Å². The molecular formula is C10H18Cl2N4. The average molecular weight is 265 g/mol. The molecule has 16 heavy (non-hydrogen) atoms. The predicted molar refractivity (Wildman–Crippen MR) is 71.1 cm³/mol. The summed E-state index contributed by atoms with van der Waals surface area (Å²) in [6, 6.07) is 2.01. The van der Waals surface area contributed by atoms with Crippen LogP contribution in [0, 0.1) is 13.8 Å². The molecule has 1 aliphatic heterocycles. The quantitative estimate of drug-likeness (QED) is 0.832. The van der Waals surface area contributed by atoms with E-state index in [0.717, 1.165) is 43.5 Å². The molecule has 2 rings (SSSR count). The molecule has 1 aromatic rings. The molecule has 0 radical (unpaired) electrons. The highest BCUT2D eigenvalue weighted by Crippen LogP contribution is 2.10. The van der Waals surface area contributed by atoms with Gasteiger partial charge in [-0.15, -0.1) is 24.8 Å². The van der Waals surface area contributed by atoms with E-state index in [1.807, 2.05) is 19.9 Å². The highest BCUT2D eigenvalue weighted by atomic mass is 35.5. The summed E-state index contributed by atoms with van der Waals surface area (Å²) in [7, 11) is 0. The minimum atomic E-state index is 0. The van der Waals surface area contributed by atoms with E-state index in [4.69, 9.17) is 0 Å². The molecule has 0 amide bonds. The van der Waals surface area contributed by atoms with Gasteiger partial charge in [0.15, 0.2) is 0 Å². The molecule has 0 aliphatic carbocycles. The van der Waals surface area contributed by atoms with E-state index in [1.54, 1.807) is 0 Å². The van der Waals surface area contributed by atoms with Crippen molar-refractivity contribution in [3.8, 4) is 0 Å². The van der Waals surface area contributed by atoms with Crippen molar-refractivity contribution in [2.75, 3.05) is 31.1 Å². The van der Waals surface area contributed by atoms with Crippen molar-refractivity contribution in [1.29, 1.82) is 0 Å². The van der Waals surface area contributed by atoms with E-state index in [9.17, 15) is 0 Å². The first kappa shape index (κ1) is 15.4. The summed E-state index contributed by atoms with van der Waals surface area (Å²) in [5.74, 6) is 0.879. The van der Waals surface area contributed by atoms with Crippen molar-refractivity contribution in [2.24, 2.45) is 0 Å². The summed E-state index contributed by atoms with van der Waals surface area (Å²) in [5.41, 5.74) is 2.09. The molecule has 1 aliphatic rings. The molecule has 92 valence electrons. The van der Waals surface area contributed by atoms with Crippen molar-refractivity contribution in [2.45, 2.75) is 13.8 Å². The number of nitrogens with zero attached hydrogens (tertiary/aromatic N) is 3. The number of piperazine rings is 1. The average Bonchev–Trinajstić information content (AvgIpc) is 2.18. The zero-order valence-corrected chi connectivity index (χ0v) is 11.2. The predicted octanol–water partition coefficient (Wildman–Crippen LogP) is 1.35. The lowest BCUT2D eigenvalue weighted by Gasteiger charge is -2.27. The van der Waals surface area contributed by atoms with Crippen molar-refractivity contribution >= 4 is 30.8 Å². The topological polar surface area (TPSA) is 41.1 Å². The Morgan fingerprint density at radius 1 is 1.06 bits per heavy atom. The lowest BCUT2D eigenvalue weighted by atomic mass is 10.3. The van der Waals surface area contributed by atoms with Gasteiger partial charge in [-0.2, -0.15) is 0 Å². The molecule has 0 unspecified atom stereocenters. The van der Waals surface area contributed by atoms with Crippen LogP contribution in [-0.4, -0.2) is 36.1 Å². The van der Waals surface area contributed by atoms with E-state index < -0.39 is 0 Å². The number of aryl methyl sites for hydroxylation is 2. The smallest absolute Gasteiger partial charge is 0.225 e. The fourth-order valence-electron chi connectivity index (χ4n) is 1.71. The second-order valence-corrected chi connectivity index (χ2v) is 3.69. The van der Waals surface area contributed by atoms with Gasteiger partial charge in [-0.25, -0.2) is 9.97 Å². The summed E-state index contributed by atoms with van der Waals surface area (Å²) >= 11 is 0. The van der Waals surface area contributed by atoms with Gasteiger partial charge in [0.1, 0.15) is 0 Å². The maximum atomic E-state index is 4.44. The Balaban J connectivity index is 0.00000112. The maximum absolute atomic E-state index is 4.44. The molecule has 0 atom stereocenters. The molecule has 6 heteroatoms. The fraction of sp³-hybridized carbons (Fsp3) is 0.600. The molecule has 1 fully saturated rings. The van der Waals surface area contributed by atoms with Gasteiger partial charge in [0.25, 0.3) is 0 Å². The largest absolute Gasteiger partial charge is 0.338 e. The Kier molecular flexibility index (Phi) is 6.64. The second-order valence-electron chi connectivity index (χ2n) is 3.69. The number of anilines is 1. The second kappa shape index (κ2) is 6.89. The van der Waals surface area contributed by atoms with Gasteiger partial charge in [0.05, 0.1) is 0 Å². The lowest BCUT2D eigenvalue weighted by molar-refractivity contribution is 0.578. The highest BCUT2D eigenvalue weighted by molar-refractivity contribution is 5.85. The molecule has 1 saturated heterocycles. The van der Waals surface area contributed by atoms with Crippen LogP contribution in [0.4, 0.5) is 5.95 Å². The van der Waals surface area contributed by atoms with Gasteiger partial charge in [-0.3, -0.25) is 0 Å². The van der Waals surface area contributed by atoms with Gasteiger partial charge >= 0.3 is 0 Å². The third-order valence-corrected chi connectivity index (χ3v) is 2.37. The zero-order valence-electron chi connectivity index (χ0n) is 9.56. The minimum Gasteiger partial charge on any atom is -0.338 e. The van der Waals surface area contributed by atoms with Crippen molar-refractivity contribution in [3.63, 3.8) is 0 Å². The normalized spacial score (nSPS) is 15.0. The molecule has 0 aromatic carbocycles. The summed E-state index contributed by atoms with van der Waals surface area (Å²) in [6.45, 7) is 8.08. The summed E-state index contributed by atoms with van der Waals surface area (Å²) < 4.78 is 0. The van der Waals surface area contributed by atoms with Crippen LogP contribution in [0.25, 0.3) is 0 Å². The molecule has 0 spiro atoms.